The first kappa shape index (κ1) is 13.7. The first-order valence-electron chi connectivity index (χ1n) is 7.18. The second-order valence-electron chi connectivity index (χ2n) is 4.90. The predicted octanol–water partition coefficient (Wildman–Crippen LogP) is 4.22. The molecule has 0 amide bonds. The van der Waals surface area contributed by atoms with Gasteiger partial charge >= 0.3 is 0 Å². The Balaban J connectivity index is 2.15. The molecule has 0 aliphatic carbocycles. The van der Waals surface area contributed by atoms with E-state index in [1.54, 1.807) is 13.4 Å². The highest BCUT2D eigenvalue weighted by atomic mass is 16.5. The summed E-state index contributed by atoms with van der Waals surface area (Å²) >= 11 is 0. The van der Waals surface area contributed by atoms with Gasteiger partial charge < -0.3 is 14.5 Å². The molecular formula is C18H19NO2. The van der Waals surface area contributed by atoms with Crippen LogP contribution in [0.2, 0.25) is 0 Å². The van der Waals surface area contributed by atoms with E-state index in [1.807, 2.05) is 18.2 Å². The van der Waals surface area contributed by atoms with E-state index in [9.17, 15) is 0 Å². The van der Waals surface area contributed by atoms with Crippen molar-refractivity contribution in [3.8, 4) is 16.9 Å². The number of benzene rings is 2. The zero-order valence-electron chi connectivity index (χ0n) is 12.3. The van der Waals surface area contributed by atoms with Gasteiger partial charge in [0.15, 0.2) is 0 Å². The normalized spacial score (nSPS) is 11.0. The standard InChI is InChI=1S/C18H19NO2/c1-3-19-12-18-16(10-11-21-18)14-8-9-17(20-2)15-7-5-4-6-13(14)15/h4-11,19H,3,12H2,1-2H3. The van der Waals surface area contributed by atoms with Crippen LogP contribution in [0.3, 0.4) is 0 Å². The Bertz CT molecular complexity index is 746. The van der Waals surface area contributed by atoms with Crippen LogP contribution < -0.4 is 10.1 Å². The lowest BCUT2D eigenvalue weighted by Gasteiger charge is -2.11. The predicted molar refractivity (Wildman–Crippen MR) is 85.6 cm³/mol. The van der Waals surface area contributed by atoms with Crippen molar-refractivity contribution in [3.05, 3.63) is 54.5 Å². The summed E-state index contributed by atoms with van der Waals surface area (Å²) in [6.07, 6.45) is 1.75. The fourth-order valence-corrected chi connectivity index (χ4v) is 2.64. The van der Waals surface area contributed by atoms with Crippen LogP contribution in [-0.4, -0.2) is 13.7 Å². The van der Waals surface area contributed by atoms with Gasteiger partial charge in [-0.15, -0.1) is 0 Å². The Hall–Kier alpha value is -2.26. The zero-order valence-corrected chi connectivity index (χ0v) is 12.3. The van der Waals surface area contributed by atoms with Crippen LogP contribution in [0.4, 0.5) is 0 Å². The summed E-state index contributed by atoms with van der Waals surface area (Å²) in [6, 6.07) is 14.4. The minimum absolute atomic E-state index is 0.735. The van der Waals surface area contributed by atoms with Crippen LogP contribution in [0.1, 0.15) is 12.7 Å². The second kappa shape index (κ2) is 6.02. The van der Waals surface area contributed by atoms with Gasteiger partial charge in [-0.25, -0.2) is 0 Å². The minimum atomic E-state index is 0.735. The third-order valence-corrected chi connectivity index (χ3v) is 3.68. The first-order valence-corrected chi connectivity index (χ1v) is 7.18. The van der Waals surface area contributed by atoms with E-state index in [1.165, 1.54) is 10.9 Å². The van der Waals surface area contributed by atoms with Crippen molar-refractivity contribution in [2.24, 2.45) is 0 Å². The number of hydrogen-bond donors (Lipinski definition) is 1. The quantitative estimate of drug-likeness (QED) is 0.760. The van der Waals surface area contributed by atoms with E-state index < -0.39 is 0 Å². The van der Waals surface area contributed by atoms with Crippen LogP contribution in [0.15, 0.2) is 53.1 Å². The summed E-state index contributed by atoms with van der Waals surface area (Å²) in [7, 11) is 1.70. The van der Waals surface area contributed by atoms with E-state index in [0.29, 0.717) is 0 Å². The molecule has 1 heterocycles. The fraction of sp³-hybridized carbons (Fsp3) is 0.222. The van der Waals surface area contributed by atoms with Crippen LogP contribution in [-0.2, 0) is 6.54 Å². The van der Waals surface area contributed by atoms with E-state index >= 15 is 0 Å². The van der Waals surface area contributed by atoms with Gasteiger partial charge in [0.1, 0.15) is 11.5 Å². The molecule has 3 heteroatoms. The van der Waals surface area contributed by atoms with Crippen molar-refractivity contribution in [1.29, 1.82) is 0 Å². The minimum Gasteiger partial charge on any atom is -0.496 e. The molecule has 0 spiro atoms. The highest BCUT2D eigenvalue weighted by Gasteiger charge is 2.13. The Morgan fingerprint density at radius 3 is 2.57 bits per heavy atom. The maximum Gasteiger partial charge on any atom is 0.126 e. The molecule has 0 radical (unpaired) electrons. The zero-order chi connectivity index (χ0) is 14.7. The third-order valence-electron chi connectivity index (χ3n) is 3.68. The summed E-state index contributed by atoms with van der Waals surface area (Å²) in [4.78, 5) is 0. The molecule has 108 valence electrons. The van der Waals surface area contributed by atoms with Crippen LogP contribution in [0, 0.1) is 0 Å². The maximum absolute atomic E-state index is 5.63. The highest BCUT2D eigenvalue weighted by Crippen LogP contribution is 2.36. The molecule has 0 aliphatic heterocycles. The topological polar surface area (TPSA) is 34.4 Å². The Morgan fingerprint density at radius 1 is 1.00 bits per heavy atom. The number of hydrogen-bond acceptors (Lipinski definition) is 3. The van der Waals surface area contributed by atoms with Gasteiger partial charge in [-0.2, -0.15) is 0 Å². The number of methoxy groups -OCH3 is 1. The molecule has 1 aromatic heterocycles. The molecule has 21 heavy (non-hydrogen) atoms. The number of furan rings is 1. The Morgan fingerprint density at radius 2 is 1.81 bits per heavy atom. The average molecular weight is 281 g/mol. The monoisotopic (exact) mass is 281 g/mol. The molecule has 2 aromatic carbocycles. The second-order valence-corrected chi connectivity index (χ2v) is 4.90. The average Bonchev–Trinajstić information content (AvgIpc) is 3.00. The molecule has 3 aromatic rings. The molecule has 0 atom stereocenters. The van der Waals surface area contributed by atoms with Gasteiger partial charge in [0.25, 0.3) is 0 Å². The summed E-state index contributed by atoms with van der Waals surface area (Å²) < 4.78 is 11.1. The Labute approximate surface area is 124 Å². The summed E-state index contributed by atoms with van der Waals surface area (Å²) in [5.74, 6) is 1.86. The molecule has 0 saturated heterocycles. The highest BCUT2D eigenvalue weighted by molar-refractivity contribution is 6.00. The third kappa shape index (κ3) is 2.52. The lowest BCUT2D eigenvalue weighted by atomic mass is 9.98. The van der Waals surface area contributed by atoms with Gasteiger partial charge in [-0.3, -0.25) is 0 Å². The lowest BCUT2D eigenvalue weighted by molar-refractivity contribution is 0.420. The van der Waals surface area contributed by atoms with E-state index in [2.05, 4.69) is 36.5 Å². The summed E-state index contributed by atoms with van der Waals surface area (Å²) in [5, 5.41) is 5.61. The molecule has 3 rings (SSSR count). The SMILES string of the molecule is CCNCc1occc1-c1ccc(OC)c2ccccc12. The van der Waals surface area contributed by atoms with Gasteiger partial charge in [0.05, 0.1) is 19.9 Å². The van der Waals surface area contributed by atoms with E-state index in [4.69, 9.17) is 9.15 Å². The van der Waals surface area contributed by atoms with Crippen LogP contribution in [0.5, 0.6) is 5.75 Å². The number of rotatable bonds is 5. The first-order chi connectivity index (χ1) is 10.3. The van der Waals surface area contributed by atoms with E-state index in [0.717, 1.165) is 35.5 Å². The molecule has 0 fully saturated rings. The van der Waals surface area contributed by atoms with Crippen molar-refractivity contribution in [2.45, 2.75) is 13.5 Å². The summed E-state index contributed by atoms with van der Waals surface area (Å²) in [5.41, 5.74) is 2.31. The Kier molecular flexibility index (Phi) is 3.93. The van der Waals surface area contributed by atoms with Gasteiger partial charge in [-0.05, 0) is 35.7 Å². The number of nitrogens with one attached hydrogen (secondary N) is 1. The molecule has 0 aliphatic rings. The summed E-state index contributed by atoms with van der Waals surface area (Å²) in [6.45, 7) is 3.74. The van der Waals surface area contributed by atoms with Crippen LogP contribution in [0.25, 0.3) is 21.9 Å². The molecule has 0 bridgehead atoms. The lowest BCUT2D eigenvalue weighted by Crippen LogP contribution is -2.11. The molecular weight excluding hydrogens is 262 g/mol. The van der Waals surface area contributed by atoms with Crippen molar-refractivity contribution < 1.29 is 9.15 Å². The van der Waals surface area contributed by atoms with Gasteiger partial charge in [-0.1, -0.05) is 31.2 Å². The number of fused-ring (bicyclic) bond motifs is 1. The molecule has 3 nitrogen and oxygen atoms in total. The smallest absolute Gasteiger partial charge is 0.126 e. The van der Waals surface area contributed by atoms with Gasteiger partial charge in [0, 0.05) is 10.9 Å². The molecule has 1 N–H and O–H groups in total. The maximum atomic E-state index is 5.63. The largest absolute Gasteiger partial charge is 0.496 e. The van der Waals surface area contributed by atoms with Crippen molar-refractivity contribution in [1.82, 2.24) is 5.32 Å². The van der Waals surface area contributed by atoms with Crippen molar-refractivity contribution in [3.63, 3.8) is 0 Å². The number of ether oxygens (including phenoxy) is 1. The fourth-order valence-electron chi connectivity index (χ4n) is 2.64. The molecule has 0 unspecified atom stereocenters. The van der Waals surface area contributed by atoms with E-state index in [-0.39, 0.29) is 0 Å². The van der Waals surface area contributed by atoms with Gasteiger partial charge in [0.2, 0.25) is 0 Å². The van der Waals surface area contributed by atoms with Crippen LogP contribution >= 0.6 is 0 Å². The van der Waals surface area contributed by atoms with Crippen molar-refractivity contribution in [2.75, 3.05) is 13.7 Å². The molecule has 0 saturated carbocycles. The van der Waals surface area contributed by atoms with Crippen molar-refractivity contribution >= 4 is 10.8 Å².